The summed E-state index contributed by atoms with van der Waals surface area (Å²) in [5.74, 6) is -0.264. The van der Waals surface area contributed by atoms with Crippen LogP contribution >= 0.6 is 0 Å². The number of non-ortho nitro benzene ring substituents is 1. The molecule has 2 unspecified atom stereocenters. The van der Waals surface area contributed by atoms with Gasteiger partial charge in [0.1, 0.15) is 6.34 Å². The predicted molar refractivity (Wildman–Crippen MR) is 74.3 cm³/mol. The Bertz CT molecular complexity index is 556. The SMILES string of the molecule is CN(C)/C=N/NC(=O)C1CC1c1cccc([N+](=O)[O-])c1. The molecule has 0 saturated heterocycles. The number of hydrazone groups is 1. The largest absolute Gasteiger partial charge is 0.367 e. The quantitative estimate of drug-likeness (QED) is 0.380. The Morgan fingerprint density at radius 2 is 2.30 bits per heavy atom. The summed E-state index contributed by atoms with van der Waals surface area (Å²) in [6, 6.07) is 6.43. The molecule has 1 saturated carbocycles. The van der Waals surface area contributed by atoms with Gasteiger partial charge in [0.25, 0.3) is 5.69 Å². The molecular weight excluding hydrogens is 260 g/mol. The van der Waals surface area contributed by atoms with E-state index in [0.29, 0.717) is 6.42 Å². The molecule has 1 aromatic carbocycles. The van der Waals surface area contributed by atoms with Crippen LogP contribution < -0.4 is 5.43 Å². The van der Waals surface area contributed by atoms with E-state index in [2.05, 4.69) is 10.5 Å². The van der Waals surface area contributed by atoms with Gasteiger partial charge in [0.05, 0.1) is 4.92 Å². The van der Waals surface area contributed by atoms with Gasteiger partial charge in [-0.1, -0.05) is 12.1 Å². The van der Waals surface area contributed by atoms with Crippen LogP contribution in [0.3, 0.4) is 0 Å². The minimum Gasteiger partial charge on any atom is -0.367 e. The Hall–Kier alpha value is -2.44. The first-order valence-electron chi connectivity index (χ1n) is 6.23. The van der Waals surface area contributed by atoms with Crippen LogP contribution in [-0.2, 0) is 4.79 Å². The summed E-state index contributed by atoms with van der Waals surface area (Å²) in [6.45, 7) is 0. The van der Waals surface area contributed by atoms with E-state index in [1.165, 1.54) is 18.5 Å². The molecule has 0 spiro atoms. The first kappa shape index (κ1) is 14.0. The highest BCUT2D eigenvalue weighted by molar-refractivity contribution is 5.83. The number of nitrogens with zero attached hydrogens (tertiary/aromatic N) is 3. The third-order valence-corrected chi connectivity index (χ3v) is 3.10. The maximum absolute atomic E-state index is 11.8. The molecule has 0 aromatic heterocycles. The van der Waals surface area contributed by atoms with Crippen molar-refractivity contribution in [1.82, 2.24) is 10.3 Å². The van der Waals surface area contributed by atoms with E-state index in [-0.39, 0.29) is 23.4 Å². The third-order valence-electron chi connectivity index (χ3n) is 3.10. The second-order valence-corrected chi connectivity index (χ2v) is 4.99. The highest BCUT2D eigenvalue weighted by atomic mass is 16.6. The van der Waals surface area contributed by atoms with Gasteiger partial charge in [-0.15, -0.1) is 0 Å². The number of hydrogen-bond acceptors (Lipinski definition) is 4. The minimum atomic E-state index is -0.428. The molecule has 7 heteroatoms. The maximum Gasteiger partial charge on any atom is 0.269 e. The van der Waals surface area contributed by atoms with Crippen LogP contribution in [0.25, 0.3) is 0 Å². The molecular formula is C13H16N4O3. The van der Waals surface area contributed by atoms with Gasteiger partial charge in [-0.3, -0.25) is 14.9 Å². The van der Waals surface area contributed by atoms with Crippen molar-refractivity contribution in [2.24, 2.45) is 11.0 Å². The Labute approximate surface area is 116 Å². The van der Waals surface area contributed by atoms with Crippen LogP contribution in [0.2, 0.25) is 0 Å². The number of nitro groups is 1. The fourth-order valence-corrected chi connectivity index (χ4v) is 2.01. The molecule has 0 bridgehead atoms. The number of nitro benzene ring substituents is 1. The molecule has 0 aliphatic heterocycles. The van der Waals surface area contributed by atoms with Gasteiger partial charge in [-0.05, 0) is 17.9 Å². The molecule has 0 radical (unpaired) electrons. The van der Waals surface area contributed by atoms with Crippen molar-refractivity contribution in [1.29, 1.82) is 0 Å². The maximum atomic E-state index is 11.8. The van der Waals surface area contributed by atoms with Gasteiger partial charge in [0, 0.05) is 32.1 Å². The van der Waals surface area contributed by atoms with Gasteiger partial charge < -0.3 is 4.90 Å². The highest BCUT2D eigenvalue weighted by Gasteiger charge is 2.44. The normalized spacial score (nSPS) is 20.7. The molecule has 2 rings (SSSR count). The molecule has 1 amide bonds. The lowest BCUT2D eigenvalue weighted by molar-refractivity contribution is -0.384. The Kier molecular flexibility index (Phi) is 3.97. The van der Waals surface area contributed by atoms with Gasteiger partial charge in [-0.25, -0.2) is 5.43 Å². The number of benzene rings is 1. The minimum absolute atomic E-state index is 0.0458. The summed E-state index contributed by atoms with van der Waals surface area (Å²) in [6.07, 6.45) is 2.20. The number of hydrogen-bond donors (Lipinski definition) is 1. The smallest absolute Gasteiger partial charge is 0.269 e. The fourth-order valence-electron chi connectivity index (χ4n) is 2.01. The van der Waals surface area contributed by atoms with E-state index in [1.807, 2.05) is 6.07 Å². The predicted octanol–water partition coefficient (Wildman–Crippen LogP) is 1.32. The van der Waals surface area contributed by atoms with E-state index < -0.39 is 4.92 Å². The first-order valence-corrected chi connectivity index (χ1v) is 6.23. The highest BCUT2D eigenvalue weighted by Crippen LogP contribution is 2.48. The summed E-state index contributed by atoms with van der Waals surface area (Å²) < 4.78 is 0. The summed E-state index contributed by atoms with van der Waals surface area (Å²) in [5.41, 5.74) is 3.35. The first-order chi connectivity index (χ1) is 9.49. The second-order valence-electron chi connectivity index (χ2n) is 4.99. The molecule has 1 aliphatic carbocycles. The van der Waals surface area contributed by atoms with Crippen LogP contribution in [0.15, 0.2) is 29.4 Å². The van der Waals surface area contributed by atoms with E-state index in [9.17, 15) is 14.9 Å². The molecule has 106 valence electrons. The average Bonchev–Trinajstić information content (AvgIpc) is 3.18. The molecule has 1 aliphatic rings. The monoisotopic (exact) mass is 276 g/mol. The second kappa shape index (κ2) is 5.68. The van der Waals surface area contributed by atoms with Gasteiger partial charge >= 0.3 is 0 Å². The lowest BCUT2D eigenvalue weighted by atomic mass is 10.1. The van der Waals surface area contributed by atoms with Crippen LogP contribution in [-0.4, -0.2) is 36.2 Å². The topological polar surface area (TPSA) is 87.8 Å². The zero-order valence-electron chi connectivity index (χ0n) is 11.3. The number of amides is 1. The molecule has 0 heterocycles. The molecule has 7 nitrogen and oxygen atoms in total. The summed E-state index contributed by atoms with van der Waals surface area (Å²) in [4.78, 5) is 23.8. The fraction of sp³-hybridized carbons (Fsp3) is 0.385. The number of nitrogens with one attached hydrogen (secondary N) is 1. The Morgan fingerprint density at radius 1 is 1.55 bits per heavy atom. The van der Waals surface area contributed by atoms with Crippen molar-refractivity contribution in [2.45, 2.75) is 12.3 Å². The lowest BCUT2D eigenvalue weighted by Crippen LogP contribution is -2.22. The number of carbonyl (C=O) groups is 1. The van der Waals surface area contributed by atoms with Crippen molar-refractivity contribution >= 4 is 17.9 Å². The lowest BCUT2D eigenvalue weighted by Gasteiger charge is -2.03. The van der Waals surface area contributed by atoms with Crippen LogP contribution in [0, 0.1) is 16.0 Å². The molecule has 2 atom stereocenters. The Morgan fingerprint density at radius 3 is 2.95 bits per heavy atom. The van der Waals surface area contributed by atoms with Crippen LogP contribution in [0.4, 0.5) is 5.69 Å². The molecule has 1 fully saturated rings. The van der Waals surface area contributed by atoms with Crippen molar-refractivity contribution in [3.8, 4) is 0 Å². The van der Waals surface area contributed by atoms with Crippen LogP contribution in [0.1, 0.15) is 17.9 Å². The van der Waals surface area contributed by atoms with Crippen molar-refractivity contribution in [2.75, 3.05) is 14.1 Å². The van der Waals surface area contributed by atoms with E-state index in [4.69, 9.17) is 0 Å². The number of carbonyl (C=O) groups excluding carboxylic acids is 1. The summed E-state index contributed by atoms with van der Waals surface area (Å²) in [5, 5.41) is 14.5. The van der Waals surface area contributed by atoms with Crippen molar-refractivity contribution in [3.05, 3.63) is 39.9 Å². The van der Waals surface area contributed by atoms with Gasteiger partial charge in [0.2, 0.25) is 5.91 Å². The van der Waals surface area contributed by atoms with Crippen LogP contribution in [0.5, 0.6) is 0 Å². The van der Waals surface area contributed by atoms with Crippen molar-refractivity contribution in [3.63, 3.8) is 0 Å². The van der Waals surface area contributed by atoms with E-state index in [0.717, 1.165) is 5.56 Å². The molecule has 1 N–H and O–H groups in total. The van der Waals surface area contributed by atoms with Gasteiger partial charge in [0.15, 0.2) is 0 Å². The third kappa shape index (κ3) is 3.31. The molecule has 20 heavy (non-hydrogen) atoms. The van der Waals surface area contributed by atoms with E-state index in [1.54, 1.807) is 25.1 Å². The zero-order chi connectivity index (χ0) is 14.7. The average molecular weight is 276 g/mol. The molecule has 1 aromatic rings. The Balaban J connectivity index is 1.96. The summed E-state index contributed by atoms with van der Waals surface area (Å²) >= 11 is 0. The van der Waals surface area contributed by atoms with E-state index >= 15 is 0 Å². The van der Waals surface area contributed by atoms with Gasteiger partial charge in [-0.2, -0.15) is 5.10 Å². The number of rotatable bonds is 5. The van der Waals surface area contributed by atoms with Crippen molar-refractivity contribution < 1.29 is 9.72 Å². The summed E-state index contributed by atoms with van der Waals surface area (Å²) in [7, 11) is 3.61. The zero-order valence-corrected chi connectivity index (χ0v) is 11.3. The standard InChI is InChI=1S/C13H16N4O3/c1-16(2)8-14-15-13(18)12-7-11(12)9-4-3-5-10(6-9)17(19)20/h3-6,8,11-12H,7H2,1-2H3,(H,15,18)/b14-8+.